The highest BCUT2D eigenvalue weighted by Gasteiger charge is 2.35. The average Bonchev–Trinajstić information content (AvgIpc) is 2.86. The third-order valence-corrected chi connectivity index (χ3v) is 4.13. The highest BCUT2D eigenvalue weighted by atomic mass is 16.4. The zero-order chi connectivity index (χ0) is 12.7. The summed E-state index contributed by atoms with van der Waals surface area (Å²) in [5, 5.41) is 8.85. The van der Waals surface area contributed by atoms with Crippen LogP contribution in [0.15, 0.2) is 10.7 Å². The van der Waals surface area contributed by atoms with Gasteiger partial charge in [0.25, 0.3) is 6.01 Å². The number of rotatable bonds is 2. The molecule has 0 aliphatic carbocycles. The zero-order valence-corrected chi connectivity index (χ0v) is 10.4. The van der Waals surface area contributed by atoms with Gasteiger partial charge in [0.2, 0.25) is 0 Å². The van der Waals surface area contributed by atoms with Crippen molar-refractivity contribution in [2.75, 3.05) is 25.0 Å². The van der Waals surface area contributed by atoms with Crippen LogP contribution in [0.25, 0.3) is 0 Å². The Balaban J connectivity index is 1.78. The van der Waals surface area contributed by atoms with Crippen molar-refractivity contribution in [3.05, 3.63) is 12.0 Å². The summed E-state index contributed by atoms with van der Waals surface area (Å²) in [5.41, 5.74) is -0.0206. The minimum absolute atomic E-state index is 0.0206. The molecule has 0 amide bonds. The van der Waals surface area contributed by atoms with E-state index in [-0.39, 0.29) is 5.69 Å². The van der Waals surface area contributed by atoms with Crippen LogP contribution in [0.3, 0.4) is 0 Å². The van der Waals surface area contributed by atoms with E-state index in [9.17, 15) is 4.79 Å². The van der Waals surface area contributed by atoms with E-state index in [0.717, 1.165) is 19.5 Å². The molecule has 2 bridgehead atoms. The van der Waals surface area contributed by atoms with Gasteiger partial charge in [0, 0.05) is 25.2 Å². The maximum absolute atomic E-state index is 10.8. The van der Waals surface area contributed by atoms with Crippen molar-refractivity contribution < 1.29 is 14.3 Å². The lowest BCUT2D eigenvalue weighted by molar-refractivity contribution is 0.0690. The number of hydrogen-bond acceptors (Lipinski definition) is 5. The topological polar surface area (TPSA) is 69.8 Å². The first-order chi connectivity index (χ1) is 8.65. The Morgan fingerprint density at radius 3 is 2.94 bits per heavy atom. The summed E-state index contributed by atoms with van der Waals surface area (Å²) in [6.45, 7) is 1.75. The number of anilines is 1. The summed E-state index contributed by atoms with van der Waals surface area (Å²) < 4.78 is 5.28. The fourth-order valence-electron chi connectivity index (χ4n) is 2.99. The second-order valence-corrected chi connectivity index (χ2v) is 5.11. The summed E-state index contributed by atoms with van der Waals surface area (Å²) in [5.74, 6) is -1.04. The van der Waals surface area contributed by atoms with Crippen molar-refractivity contribution in [1.82, 2.24) is 9.88 Å². The molecule has 98 valence electrons. The fourth-order valence-corrected chi connectivity index (χ4v) is 2.99. The van der Waals surface area contributed by atoms with Crippen molar-refractivity contribution in [3.8, 4) is 0 Å². The highest BCUT2D eigenvalue weighted by Crippen LogP contribution is 2.30. The Morgan fingerprint density at radius 2 is 2.22 bits per heavy atom. The molecule has 6 nitrogen and oxygen atoms in total. The predicted molar refractivity (Wildman–Crippen MR) is 64.9 cm³/mol. The van der Waals surface area contributed by atoms with Crippen molar-refractivity contribution in [1.29, 1.82) is 0 Å². The Labute approximate surface area is 105 Å². The number of carboxylic acid groups (broad SMARTS) is 1. The average molecular weight is 251 g/mol. The monoisotopic (exact) mass is 251 g/mol. The Morgan fingerprint density at radius 1 is 1.44 bits per heavy atom. The zero-order valence-electron chi connectivity index (χ0n) is 10.4. The number of carbonyl (C=O) groups is 1. The van der Waals surface area contributed by atoms with Gasteiger partial charge in [-0.3, -0.25) is 4.90 Å². The molecule has 1 aromatic heterocycles. The number of likely N-dealkylation sites (N-methyl/N-ethyl adjacent to an activating group) is 1. The van der Waals surface area contributed by atoms with Crippen LogP contribution < -0.4 is 4.90 Å². The van der Waals surface area contributed by atoms with Crippen LogP contribution in [-0.4, -0.2) is 53.2 Å². The van der Waals surface area contributed by atoms with Crippen LogP contribution in [-0.2, 0) is 0 Å². The molecule has 18 heavy (non-hydrogen) atoms. The minimum atomic E-state index is -1.04. The number of aromatic nitrogens is 1. The molecule has 0 saturated carbocycles. The molecule has 1 aromatic rings. The Kier molecular flexibility index (Phi) is 2.74. The third-order valence-electron chi connectivity index (χ3n) is 4.13. The molecule has 0 spiro atoms. The van der Waals surface area contributed by atoms with E-state index in [2.05, 4.69) is 21.8 Å². The molecule has 2 unspecified atom stereocenters. The molecule has 0 radical (unpaired) electrons. The van der Waals surface area contributed by atoms with E-state index >= 15 is 0 Å². The molecular formula is C12H17N3O3. The number of carboxylic acids is 1. The quantitative estimate of drug-likeness (QED) is 0.847. The van der Waals surface area contributed by atoms with Gasteiger partial charge in [-0.2, -0.15) is 4.98 Å². The SMILES string of the molecule is CN1C2CCC1CN(c1nc(C(=O)O)co1)CC2. The molecule has 6 heteroatoms. The predicted octanol–water partition coefficient (Wildman–Crippen LogP) is 1.05. The second-order valence-electron chi connectivity index (χ2n) is 5.11. The van der Waals surface area contributed by atoms with Gasteiger partial charge in [-0.25, -0.2) is 4.79 Å². The van der Waals surface area contributed by atoms with E-state index in [4.69, 9.17) is 9.52 Å². The van der Waals surface area contributed by atoms with Gasteiger partial charge < -0.3 is 14.4 Å². The maximum Gasteiger partial charge on any atom is 0.357 e. The molecule has 3 heterocycles. The fraction of sp³-hybridized carbons (Fsp3) is 0.667. The van der Waals surface area contributed by atoms with Crippen LogP contribution >= 0.6 is 0 Å². The van der Waals surface area contributed by atoms with Crippen LogP contribution in [0.1, 0.15) is 29.8 Å². The number of fused-ring (bicyclic) bond motifs is 2. The van der Waals surface area contributed by atoms with E-state index in [1.165, 1.54) is 19.1 Å². The lowest BCUT2D eigenvalue weighted by atomic mass is 10.1. The van der Waals surface area contributed by atoms with Crippen LogP contribution in [0.2, 0.25) is 0 Å². The summed E-state index contributed by atoms with van der Waals surface area (Å²) in [6, 6.07) is 1.61. The standard InChI is InChI=1S/C12H17N3O3/c1-14-8-2-3-9(14)6-15(5-4-8)12-13-10(7-18-12)11(16)17/h7-9H,2-6H2,1H3,(H,16,17). The van der Waals surface area contributed by atoms with E-state index in [1.54, 1.807) is 0 Å². The van der Waals surface area contributed by atoms with Crippen molar-refractivity contribution >= 4 is 12.0 Å². The van der Waals surface area contributed by atoms with Crippen LogP contribution in [0.4, 0.5) is 6.01 Å². The molecule has 0 aromatic carbocycles. The van der Waals surface area contributed by atoms with Crippen LogP contribution in [0, 0.1) is 0 Å². The number of oxazole rings is 1. The summed E-state index contributed by atoms with van der Waals surface area (Å²) >= 11 is 0. The largest absolute Gasteiger partial charge is 0.476 e. The first-order valence-corrected chi connectivity index (χ1v) is 6.31. The second kappa shape index (κ2) is 4.28. The van der Waals surface area contributed by atoms with Gasteiger partial charge in [-0.05, 0) is 26.3 Å². The molecule has 1 N–H and O–H groups in total. The van der Waals surface area contributed by atoms with E-state index in [1.807, 2.05) is 0 Å². The number of hydrogen-bond donors (Lipinski definition) is 1. The van der Waals surface area contributed by atoms with E-state index < -0.39 is 5.97 Å². The summed E-state index contributed by atoms with van der Waals surface area (Å²) in [4.78, 5) is 19.3. The first-order valence-electron chi connectivity index (χ1n) is 6.31. The van der Waals surface area contributed by atoms with Gasteiger partial charge in [-0.15, -0.1) is 0 Å². The lowest BCUT2D eigenvalue weighted by Gasteiger charge is -2.24. The Hall–Kier alpha value is -1.56. The summed E-state index contributed by atoms with van der Waals surface area (Å²) in [6.07, 6.45) is 4.76. The van der Waals surface area contributed by atoms with Crippen molar-refractivity contribution in [2.45, 2.75) is 31.3 Å². The number of nitrogens with zero attached hydrogens (tertiary/aromatic N) is 3. The normalized spacial score (nSPS) is 28.4. The van der Waals surface area contributed by atoms with Gasteiger partial charge in [0.05, 0.1) is 0 Å². The Bertz CT molecular complexity index is 459. The van der Waals surface area contributed by atoms with Crippen LogP contribution in [0.5, 0.6) is 0 Å². The molecule has 2 aliphatic heterocycles. The smallest absolute Gasteiger partial charge is 0.357 e. The molecule has 2 fully saturated rings. The minimum Gasteiger partial charge on any atom is -0.476 e. The van der Waals surface area contributed by atoms with Crippen molar-refractivity contribution in [3.63, 3.8) is 0 Å². The van der Waals surface area contributed by atoms with Gasteiger partial charge >= 0.3 is 5.97 Å². The van der Waals surface area contributed by atoms with E-state index in [0.29, 0.717) is 18.1 Å². The van der Waals surface area contributed by atoms with Gasteiger partial charge in [-0.1, -0.05) is 0 Å². The molecular weight excluding hydrogens is 234 g/mol. The maximum atomic E-state index is 10.8. The molecule has 2 atom stereocenters. The lowest BCUT2D eigenvalue weighted by Crippen LogP contribution is -2.36. The molecule has 2 saturated heterocycles. The number of aromatic carboxylic acids is 1. The molecule has 2 aliphatic rings. The van der Waals surface area contributed by atoms with Crippen molar-refractivity contribution in [2.24, 2.45) is 0 Å². The first kappa shape index (κ1) is 11.5. The summed E-state index contributed by atoms with van der Waals surface area (Å²) in [7, 11) is 2.17. The highest BCUT2D eigenvalue weighted by molar-refractivity contribution is 5.85. The molecule has 3 rings (SSSR count). The van der Waals surface area contributed by atoms with Gasteiger partial charge in [0.1, 0.15) is 6.26 Å². The third kappa shape index (κ3) is 1.86. The van der Waals surface area contributed by atoms with Gasteiger partial charge in [0.15, 0.2) is 5.69 Å².